The van der Waals surface area contributed by atoms with Gasteiger partial charge >= 0.3 is 5.97 Å². The van der Waals surface area contributed by atoms with Crippen LogP contribution in [0.5, 0.6) is 0 Å². The summed E-state index contributed by atoms with van der Waals surface area (Å²) in [5.74, 6) is -0.335. The molecule has 7 heteroatoms. The summed E-state index contributed by atoms with van der Waals surface area (Å²) < 4.78 is 5.16. The molecule has 0 fully saturated rings. The van der Waals surface area contributed by atoms with Crippen LogP contribution in [0, 0.1) is 10.1 Å². The maximum atomic E-state index is 12.3. The van der Waals surface area contributed by atoms with Crippen LogP contribution in [-0.4, -0.2) is 23.7 Å². The first-order chi connectivity index (χ1) is 12.1. The Labute approximate surface area is 149 Å². The van der Waals surface area contributed by atoms with Gasteiger partial charge in [-0.25, -0.2) is 4.79 Å². The molecule has 0 unspecified atom stereocenters. The number of esters is 1. The van der Waals surface area contributed by atoms with Crippen molar-refractivity contribution in [3.05, 3.63) is 55.3 Å². The van der Waals surface area contributed by atoms with E-state index < -0.39 is 4.92 Å². The molecule has 6 nitrogen and oxygen atoms in total. The molecule has 1 aliphatic carbocycles. The van der Waals surface area contributed by atoms with Crippen molar-refractivity contribution in [2.75, 3.05) is 6.61 Å². The molecule has 1 aromatic carbocycles. The van der Waals surface area contributed by atoms with Crippen LogP contribution in [0.3, 0.4) is 0 Å². The van der Waals surface area contributed by atoms with Crippen LogP contribution in [0.4, 0.5) is 11.4 Å². The SMILES string of the molecule is CCOC(=O)c1sc2c(c1N=Cc1ccc([N+](=O)[O-])cc1)CCCC2. The zero-order chi connectivity index (χ0) is 17.8. The molecule has 0 radical (unpaired) electrons. The summed E-state index contributed by atoms with van der Waals surface area (Å²) in [4.78, 5) is 28.8. The fourth-order valence-electron chi connectivity index (χ4n) is 2.84. The molecule has 0 bridgehead atoms. The summed E-state index contributed by atoms with van der Waals surface area (Å²) in [6.07, 6.45) is 5.74. The lowest BCUT2D eigenvalue weighted by Gasteiger charge is -2.10. The van der Waals surface area contributed by atoms with Gasteiger partial charge in [-0.1, -0.05) is 0 Å². The first-order valence-electron chi connectivity index (χ1n) is 8.20. The molecule has 25 heavy (non-hydrogen) atoms. The minimum Gasteiger partial charge on any atom is -0.462 e. The molecular formula is C18H18N2O4S. The van der Waals surface area contributed by atoms with Crippen molar-refractivity contribution in [3.8, 4) is 0 Å². The quantitative estimate of drug-likeness (QED) is 0.342. The van der Waals surface area contributed by atoms with Gasteiger partial charge in [0.05, 0.1) is 17.2 Å². The average molecular weight is 358 g/mol. The van der Waals surface area contributed by atoms with Crippen molar-refractivity contribution >= 4 is 34.9 Å². The topological polar surface area (TPSA) is 81.8 Å². The number of nitrogens with zero attached hydrogens (tertiary/aromatic N) is 2. The fraction of sp³-hybridized carbons (Fsp3) is 0.333. The molecule has 130 valence electrons. The third kappa shape index (κ3) is 3.76. The van der Waals surface area contributed by atoms with Crippen molar-refractivity contribution in [1.82, 2.24) is 0 Å². The summed E-state index contributed by atoms with van der Waals surface area (Å²) in [6, 6.07) is 6.17. The van der Waals surface area contributed by atoms with E-state index in [9.17, 15) is 14.9 Å². The maximum Gasteiger partial charge on any atom is 0.350 e. The molecule has 0 atom stereocenters. The molecule has 1 aromatic heterocycles. The molecule has 1 aliphatic rings. The van der Waals surface area contributed by atoms with Crippen LogP contribution in [0.15, 0.2) is 29.3 Å². The van der Waals surface area contributed by atoms with E-state index >= 15 is 0 Å². The van der Waals surface area contributed by atoms with E-state index in [0.717, 1.165) is 36.8 Å². The summed E-state index contributed by atoms with van der Waals surface area (Å²) in [5, 5.41) is 10.7. The van der Waals surface area contributed by atoms with Gasteiger partial charge < -0.3 is 4.74 Å². The molecule has 0 aliphatic heterocycles. The van der Waals surface area contributed by atoms with Gasteiger partial charge in [-0.05, 0) is 55.9 Å². The largest absolute Gasteiger partial charge is 0.462 e. The van der Waals surface area contributed by atoms with Gasteiger partial charge in [0.1, 0.15) is 4.88 Å². The number of nitro benzene ring substituents is 1. The fourth-order valence-corrected chi connectivity index (χ4v) is 4.07. The number of aryl methyl sites for hydroxylation is 1. The highest BCUT2D eigenvalue weighted by Crippen LogP contribution is 2.40. The van der Waals surface area contributed by atoms with Gasteiger partial charge in [0.2, 0.25) is 0 Å². The molecule has 3 rings (SSSR count). The number of ether oxygens (including phenoxy) is 1. The molecule has 2 aromatic rings. The first-order valence-corrected chi connectivity index (χ1v) is 9.02. The highest BCUT2D eigenvalue weighted by Gasteiger charge is 2.24. The minimum absolute atomic E-state index is 0.0391. The van der Waals surface area contributed by atoms with E-state index in [-0.39, 0.29) is 11.7 Å². The van der Waals surface area contributed by atoms with E-state index in [4.69, 9.17) is 4.74 Å². The number of benzene rings is 1. The second kappa shape index (κ2) is 7.57. The first kappa shape index (κ1) is 17.3. The zero-order valence-electron chi connectivity index (χ0n) is 13.9. The van der Waals surface area contributed by atoms with Crippen molar-refractivity contribution in [3.63, 3.8) is 0 Å². The summed E-state index contributed by atoms with van der Waals surface area (Å²) in [7, 11) is 0. The van der Waals surface area contributed by atoms with Gasteiger partial charge in [-0.2, -0.15) is 0 Å². The average Bonchev–Trinajstić information content (AvgIpc) is 2.99. The maximum absolute atomic E-state index is 12.3. The number of rotatable bonds is 5. The Morgan fingerprint density at radius 3 is 2.72 bits per heavy atom. The van der Waals surface area contributed by atoms with E-state index in [1.165, 1.54) is 28.3 Å². The third-order valence-electron chi connectivity index (χ3n) is 4.05. The number of non-ortho nitro benzene ring substituents is 1. The Hall–Kier alpha value is -2.54. The molecule has 0 saturated heterocycles. The van der Waals surface area contributed by atoms with Gasteiger partial charge in [0, 0.05) is 23.2 Å². The number of carbonyl (C=O) groups excluding carboxylic acids is 1. The van der Waals surface area contributed by atoms with Crippen LogP contribution in [0.2, 0.25) is 0 Å². The minimum atomic E-state index is -0.435. The van der Waals surface area contributed by atoms with Crippen molar-refractivity contribution < 1.29 is 14.5 Å². The molecule has 1 heterocycles. The van der Waals surface area contributed by atoms with Crippen LogP contribution in [0.25, 0.3) is 0 Å². The Morgan fingerprint density at radius 2 is 2.04 bits per heavy atom. The molecule has 0 saturated carbocycles. The lowest BCUT2D eigenvalue weighted by Crippen LogP contribution is -2.03. The lowest BCUT2D eigenvalue weighted by atomic mass is 9.97. The zero-order valence-corrected chi connectivity index (χ0v) is 14.7. The standard InChI is InChI=1S/C18H18N2O4S/c1-2-24-18(21)17-16(14-5-3-4-6-15(14)25-17)19-11-12-7-9-13(10-8-12)20(22)23/h7-11H,2-6H2,1H3. The molecule has 0 N–H and O–H groups in total. The number of carbonyl (C=O) groups is 1. The van der Waals surface area contributed by atoms with Crippen LogP contribution in [-0.2, 0) is 17.6 Å². The summed E-state index contributed by atoms with van der Waals surface area (Å²) in [5.41, 5.74) is 2.61. The van der Waals surface area contributed by atoms with Crippen LogP contribution < -0.4 is 0 Å². The normalized spacial score (nSPS) is 13.6. The Balaban J connectivity index is 1.93. The van der Waals surface area contributed by atoms with Crippen LogP contribution >= 0.6 is 11.3 Å². The number of thiophene rings is 1. The monoisotopic (exact) mass is 358 g/mol. The summed E-state index contributed by atoms with van der Waals surface area (Å²) >= 11 is 1.47. The van der Waals surface area contributed by atoms with Crippen molar-refractivity contribution in [2.45, 2.75) is 32.6 Å². The number of hydrogen-bond donors (Lipinski definition) is 0. The second-order valence-electron chi connectivity index (χ2n) is 5.72. The van der Waals surface area contributed by atoms with Crippen molar-refractivity contribution in [1.29, 1.82) is 0 Å². The van der Waals surface area contributed by atoms with E-state index in [1.807, 2.05) is 0 Å². The second-order valence-corrected chi connectivity index (χ2v) is 6.82. The third-order valence-corrected chi connectivity index (χ3v) is 5.31. The highest BCUT2D eigenvalue weighted by molar-refractivity contribution is 7.14. The van der Waals surface area contributed by atoms with Gasteiger partial charge in [0.25, 0.3) is 5.69 Å². The van der Waals surface area contributed by atoms with E-state index in [0.29, 0.717) is 17.2 Å². The molecule has 0 amide bonds. The van der Waals surface area contributed by atoms with E-state index in [1.54, 1.807) is 25.3 Å². The van der Waals surface area contributed by atoms with Crippen molar-refractivity contribution in [2.24, 2.45) is 4.99 Å². The van der Waals surface area contributed by atoms with E-state index in [2.05, 4.69) is 4.99 Å². The molecule has 0 spiro atoms. The smallest absolute Gasteiger partial charge is 0.350 e. The highest BCUT2D eigenvalue weighted by atomic mass is 32.1. The number of fused-ring (bicyclic) bond motifs is 1. The Morgan fingerprint density at radius 1 is 1.32 bits per heavy atom. The molecular weight excluding hydrogens is 340 g/mol. The number of hydrogen-bond acceptors (Lipinski definition) is 6. The van der Waals surface area contributed by atoms with Crippen LogP contribution in [0.1, 0.15) is 45.4 Å². The summed E-state index contributed by atoms with van der Waals surface area (Å²) in [6.45, 7) is 2.11. The number of nitro groups is 1. The Kier molecular flexibility index (Phi) is 5.23. The Bertz CT molecular complexity index is 824. The van der Waals surface area contributed by atoms with Gasteiger partial charge in [-0.3, -0.25) is 15.1 Å². The van der Waals surface area contributed by atoms with Gasteiger partial charge in [0.15, 0.2) is 0 Å². The van der Waals surface area contributed by atoms with Gasteiger partial charge in [-0.15, -0.1) is 11.3 Å². The number of aliphatic imine (C=N–C) groups is 1. The lowest BCUT2D eigenvalue weighted by molar-refractivity contribution is -0.384. The predicted octanol–water partition coefficient (Wildman–Crippen LogP) is 4.46. The predicted molar refractivity (Wildman–Crippen MR) is 97.3 cm³/mol.